The number of nitrogens with one attached hydrogen (secondary N) is 2. The van der Waals surface area contributed by atoms with E-state index in [1.165, 1.54) is 18.2 Å². The van der Waals surface area contributed by atoms with Crippen LogP contribution in [0.5, 0.6) is 0 Å². The minimum atomic E-state index is -0.515. The molecule has 2 amide bonds. The highest BCUT2D eigenvalue weighted by atomic mass is 35.5. The van der Waals surface area contributed by atoms with Crippen LogP contribution in [-0.2, 0) is 11.3 Å². The zero-order chi connectivity index (χ0) is 25.5. The Morgan fingerprint density at radius 1 is 1.20 bits per heavy atom. The first-order valence-electron chi connectivity index (χ1n) is 10.7. The lowest BCUT2D eigenvalue weighted by atomic mass is 10.0. The standard InChI is InChI=1S/C24H24Cl2FN5O2S/c1-4-11-32-22(21(14(2)3)29-23(34)16-10-9-15(25)12-17(16)26)30-31-24(32)35-13-20(33)28-19-8-6-5-7-18(19)27/h4-10,12,14,21H,1,11,13H2,2-3H3,(H,28,33)(H,29,34)/t21-/m1/s1. The molecular formula is C24H24Cl2FN5O2S. The molecule has 1 aromatic heterocycles. The fraction of sp³-hybridized carbons (Fsp3) is 0.250. The summed E-state index contributed by atoms with van der Waals surface area (Å²) in [7, 11) is 0. The fourth-order valence-electron chi connectivity index (χ4n) is 3.24. The maximum Gasteiger partial charge on any atom is 0.253 e. The summed E-state index contributed by atoms with van der Waals surface area (Å²) in [6, 6.07) is 10.1. The molecule has 0 aliphatic heterocycles. The third kappa shape index (κ3) is 6.84. The second kappa shape index (κ2) is 12.2. The lowest BCUT2D eigenvalue weighted by Crippen LogP contribution is -2.34. The molecule has 35 heavy (non-hydrogen) atoms. The van der Waals surface area contributed by atoms with Gasteiger partial charge in [-0.3, -0.25) is 9.59 Å². The number of anilines is 1. The van der Waals surface area contributed by atoms with Gasteiger partial charge < -0.3 is 15.2 Å². The molecule has 2 aromatic carbocycles. The molecule has 0 saturated carbocycles. The summed E-state index contributed by atoms with van der Waals surface area (Å²) in [5.74, 6) is -0.824. The predicted molar refractivity (Wildman–Crippen MR) is 137 cm³/mol. The third-order valence-electron chi connectivity index (χ3n) is 4.94. The molecule has 0 aliphatic rings. The molecule has 3 rings (SSSR count). The van der Waals surface area contributed by atoms with Crippen LogP contribution < -0.4 is 10.6 Å². The first-order chi connectivity index (χ1) is 16.7. The second-order valence-electron chi connectivity index (χ2n) is 7.88. The zero-order valence-electron chi connectivity index (χ0n) is 19.1. The molecule has 0 radical (unpaired) electrons. The van der Waals surface area contributed by atoms with Crippen LogP contribution in [-0.4, -0.2) is 32.3 Å². The van der Waals surface area contributed by atoms with E-state index >= 15 is 0 Å². The largest absolute Gasteiger partial charge is 0.342 e. The minimum Gasteiger partial charge on any atom is -0.342 e. The van der Waals surface area contributed by atoms with Gasteiger partial charge in [0.1, 0.15) is 5.82 Å². The Bertz CT molecular complexity index is 1230. The predicted octanol–water partition coefficient (Wildman–Crippen LogP) is 5.77. The average molecular weight is 536 g/mol. The molecule has 7 nitrogen and oxygen atoms in total. The monoisotopic (exact) mass is 535 g/mol. The van der Waals surface area contributed by atoms with Crippen molar-refractivity contribution in [2.24, 2.45) is 5.92 Å². The van der Waals surface area contributed by atoms with Crippen molar-refractivity contribution < 1.29 is 14.0 Å². The molecule has 184 valence electrons. The average Bonchev–Trinajstić information content (AvgIpc) is 3.19. The molecule has 1 atom stereocenters. The van der Waals surface area contributed by atoms with Gasteiger partial charge in [-0.25, -0.2) is 4.39 Å². The van der Waals surface area contributed by atoms with Crippen LogP contribution in [0.3, 0.4) is 0 Å². The Kier molecular flexibility index (Phi) is 9.31. The number of carbonyl (C=O) groups is 2. The van der Waals surface area contributed by atoms with Crippen molar-refractivity contribution in [1.29, 1.82) is 0 Å². The van der Waals surface area contributed by atoms with Crippen LogP contribution >= 0.6 is 35.0 Å². The fourth-order valence-corrected chi connectivity index (χ4v) is 4.49. The molecule has 0 saturated heterocycles. The van der Waals surface area contributed by atoms with Gasteiger partial charge in [0.15, 0.2) is 11.0 Å². The van der Waals surface area contributed by atoms with Gasteiger partial charge in [0.25, 0.3) is 5.91 Å². The Hall–Kier alpha value is -2.88. The molecule has 1 heterocycles. The number of nitrogens with zero attached hydrogens (tertiary/aromatic N) is 3. The van der Waals surface area contributed by atoms with E-state index in [-0.39, 0.29) is 39.8 Å². The van der Waals surface area contributed by atoms with Crippen molar-refractivity contribution in [3.05, 3.63) is 82.4 Å². The van der Waals surface area contributed by atoms with E-state index in [0.29, 0.717) is 22.5 Å². The molecule has 2 N–H and O–H groups in total. The third-order valence-corrected chi connectivity index (χ3v) is 6.46. The SMILES string of the molecule is C=CCn1c(SCC(=O)Nc2ccccc2F)nnc1[C@H](NC(=O)c1ccc(Cl)cc1Cl)C(C)C. The summed E-state index contributed by atoms with van der Waals surface area (Å²) in [5, 5.41) is 15.2. The number of carbonyl (C=O) groups excluding carboxylic acids is 2. The lowest BCUT2D eigenvalue weighted by molar-refractivity contribution is -0.113. The van der Waals surface area contributed by atoms with Crippen molar-refractivity contribution in [2.45, 2.75) is 31.6 Å². The Morgan fingerprint density at radius 2 is 1.94 bits per heavy atom. The molecule has 0 unspecified atom stereocenters. The summed E-state index contributed by atoms with van der Waals surface area (Å²) in [4.78, 5) is 25.3. The number of hydrogen-bond acceptors (Lipinski definition) is 5. The molecule has 0 fully saturated rings. The topological polar surface area (TPSA) is 88.9 Å². The Balaban J connectivity index is 1.78. The smallest absolute Gasteiger partial charge is 0.253 e. The van der Waals surface area contributed by atoms with Crippen LogP contribution in [0, 0.1) is 11.7 Å². The van der Waals surface area contributed by atoms with Crippen LogP contribution in [0.1, 0.15) is 36.1 Å². The molecule has 0 bridgehead atoms. The Labute approximate surface area is 217 Å². The van der Waals surface area contributed by atoms with Crippen molar-refractivity contribution in [3.8, 4) is 0 Å². The van der Waals surface area contributed by atoms with Gasteiger partial charge in [0.05, 0.1) is 28.1 Å². The number of aromatic nitrogens is 3. The normalized spacial score (nSPS) is 11.8. The van der Waals surface area contributed by atoms with Gasteiger partial charge >= 0.3 is 0 Å². The van der Waals surface area contributed by atoms with E-state index in [1.54, 1.807) is 34.9 Å². The number of rotatable bonds is 10. The number of thioether (sulfide) groups is 1. The minimum absolute atomic E-state index is 0.0112. The van der Waals surface area contributed by atoms with E-state index in [2.05, 4.69) is 27.4 Å². The van der Waals surface area contributed by atoms with E-state index in [9.17, 15) is 14.0 Å². The molecular weight excluding hydrogens is 512 g/mol. The van der Waals surface area contributed by atoms with Crippen molar-refractivity contribution in [3.63, 3.8) is 0 Å². The number of allylic oxidation sites excluding steroid dienone is 1. The quantitative estimate of drug-likeness (QED) is 0.254. The van der Waals surface area contributed by atoms with Crippen LogP contribution in [0.2, 0.25) is 10.0 Å². The van der Waals surface area contributed by atoms with Gasteiger partial charge in [0.2, 0.25) is 5.91 Å². The van der Waals surface area contributed by atoms with Crippen LogP contribution in [0.4, 0.5) is 10.1 Å². The molecule has 0 aliphatic carbocycles. The molecule has 11 heteroatoms. The first kappa shape index (κ1) is 26.7. The van der Waals surface area contributed by atoms with E-state index < -0.39 is 11.9 Å². The second-order valence-corrected chi connectivity index (χ2v) is 9.66. The zero-order valence-corrected chi connectivity index (χ0v) is 21.4. The van der Waals surface area contributed by atoms with E-state index in [0.717, 1.165) is 11.8 Å². The maximum absolute atomic E-state index is 13.8. The van der Waals surface area contributed by atoms with Crippen molar-refractivity contribution >= 4 is 52.5 Å². The summed E-state index contributed by atoms with van der Waals surface area (Å²) in [6.07, 6.45) is 1.67. The summed E-state index contributed by atoms with van der Waals surface area (Å²) < 4.78 is 15.6. The van der Waals surface area contributed by atoms with Crippen LogP contribution in [0.15, 0.2) is 60.3 Å². The summed E-state index contributed by atoms with van der Waals surface area (Å²) in [6.45, 7) is 8.03. The maximum atomic E-state index is 13.8. The summed E-state index contributed by atoms with van der Waals surface area (Å²) >= 11 is 13.3. The first-order valence-corrected chi connectivity index (χ1v) is 12.4. The number of hydrogen-bond donors (Lipinski definition) is 2. The number of halogens is 3. The highest BCUT2D eigenvalue weighted by Gasteiger charge is 2.27. The van der Waals surface area contributed by atoms with Gasteiger partial charge in [-0.1, -0.05) is 67.0 Å². The summed E-state index contributed by atoms with van der Waals surface area (Å²) in [5.41, 5.74) is 0.394. The van der Waals surface area contributed by atoms with Crippen molar-refractivity contribution in [1.82, 2.24) is 20.1 Å². The van der Waals surface area contributed by atoms with Gasteiger partial charge in [-0.15, -0.1) is 16.8 Å². The van der Waals surface area contributed by atoms with E-state index in [1.807, 2.05) is 13.8 Å². The van der Waals surface area contributed by atoms with Gasteiger partial charge in [0, 0.05) is 11.6 Å². The lowest BCUT2D eigenvalue weighted by Gasteiger charge is -2.23. The highest BCUT2D eigenvalue weighted by molar-refractivity contribution is 7.99. The Morgan fingerprint density at radius 3 is 2.60 bits per heavy atom. The number of amides is 2. The van der Waals surface area contributed by atoms with Crippen LogP contribution in [0.25, 0.3) is 0 Å². The molecule has 0 spiro atoms. The number of para-hydroxylation sites is 1. The van der Waals surface area contributed by atoms with Crippen molar-refractivity contribution in [2.75, 3.05) is 11.1 Å². The van der Waals surface area contributed by atoms with E-state index in [4.69, 9.17) is 23.2 Å². The molecule has 3 aromatic rings. The van der Waals surface area contributed by atoms with Gasteiger partial charge in [-0.05, 0) is 36.2 Å². The number of benzene rings is 2. The van der Waals surface area contributed by atoms with Gasteiger partial charge in [-0.2, -0.15) is 0 Å². The highest BCUT2D eigenvalue weighted by Crippen LogP contribution is 2.27.